The third-order valence-corrected chi connectivity index (χ3v) is 6.25. The lowest BCUT2D eigenvalue weighted by molar-refractivity contribution is 0.572. The Kier molecular flexibility index (Phi) is 5.01. The summed E-state index contributed by atoms with van der Waals surface area (Å²) in [7, 11) is -4.14. The van der Waals surface area contributed by atoms with E-state index in [-0.39, 0.29) is 15.2 Å². The fraction of sp³-hybridized carbons (Fsp3) is 0. The standard InChI is InChI=1S/C12H8BrClFIN2O2S/c13-10-6(14)5-9(11(15)12(10)17)21(19,20)18-8-4-2-1-3-7(8)16/h1-5,18H,17H2. The predicted molar refractivity (Wildman–Crippen MR) is 93.5 cm³/mol. The van der Waals surface area contributed by atoms with Crippen molar-refractivity contribution in [1.29, 1.82) is 0 Å². The van der Waals surface area contributed by atoms with E-state index >= 15 is 0 Å². The van der Waals surface area contributed by atoms with Crippen molar-refractivity contribution in [2.24, 2.45) is 0 Å². The van der Waals surface area contributed by atoms with Crippen molar-refractivity contribution in [2.45, 2.75) is 4.90 Å². The zero-order valence-corrected chi connectivity index (χ0v) is 15.5. The summed E-state index contributed by atoms with van der Waals surface area (Å²) in [6.45, 7) is 0. The molecule has 0 amide bonds. The van der Waals surface area contributed by atoms with Crippen molar-refractivity contribution in [1.82, 2.24) is 0 Å². The lowest BCUT2D eigenvalue weighted by Gasteiger charge is -2.12. The number of benzene rings is 2. The highest BCUT2D eigenvalue weighted by molar-refractivity contribution is 14.1. The number of anilines is 2. The molecule has 0 atom stereocenters. The molecular formula is C12H8BrClFIN2O2S. The molecule has 2 aromatic rings. The number of nitrogen functional groups attached to an aromatic ring is 1. The van der Waals surface area contributed by atoms with Crippen LogP contribution in [0, 0.1) is 9.39 Å². The van der Waals surface area contributed by atoms with E-state index in [1.165, 1.54) is 0 Å². The largest absolute Gasteiger partial charge is 0.395 e. The van der Waals surface area contributed by atoms with Gasteiger partial charge in [-0.2, -0.15) is 0 Å². The van der Waals surface area contributed by atoms with Crippen LogP contribution in [0.4, 0.5) is 15.8 Å². The molecule has 112 valence electrons. The summed E-state index contributed by atoms with van der Waals surface area (Å²) >= 11 is 10.8. The molecule has 3 N–H and O–H groups in total. The van der Waals surface area contributed by atoms with Gasteiger partial charge in [0.2, 0.25) is 0 Å². The van der Waals surface area contributed by atoms with Crippen molar-refractivity contribution in [2.75, 3.05) is 10.5 Å². The maximum atomic E-state index is 14.1. The fourth-order valence-electron chi connectivity index (χ4n) is 1.54. The Bertz CT molecular complexity index is 817. The van der Waals surface area contributed by atoms with Crippen LogP contribution in [-0.2, 0) is 10.0 Å². The van der Waals surface area contributed by atoms with Crippen molar-refractivity contribution >= 4 is 71.5 Å². The first-order valence-corrected chi connectivity index (χ1v) is 9.17. The van der Waals surface area contributed by atoms with Crippen molar-refractivity contribution in [3.8, 4) is 0 Å². The van der Waals surface area contributed by atoms with Gasteiger partial charge in [-0.25, -0.2) is 12.8 Å². The molecule has 0 unspecified atom stereocenters. The van der Waals surface area contributed by atoms with Crippen molar-refractivity contribution < 1.29 is 12.8 Å². The molecule has 0 aliphatic rings. The smallest absolute Gasteiger partial charge is 0.264 e. The number of rotatable bonds is 3. The summed E-state index contributed by atoms with van der Waals surface area (Å²) in [5, 5.41) is 0.0111. The Morgan fingerprint density at radius 2 is 1.95 bits per heavy atom. The van der Waals surface area contributed by atoms with Gasteiger partial charge in [0.25, 0.3) is 10.0 Å². The van der Waals surface area contributed by atoms with Gasteiger partial charge >= 0.3 is 0 Å². The number of nitrogens with two attached hydrogens (primary N) is 1. The van der Waals surface area contributed by atoms with Gasteiger partial charge in [-0.1, -0.05) is 23.7 Å². The summed E-state index contributed by atoms with van der Waals surface area (Å²) < 4.78 is 41.8. The van der Waals surface area contributed by atoms with Crippen LogP contribution >= 0.6 is 50.1 Å². The van der Waals surface area contributed by atoms with E-state index in [0.29, 0.717) is 9.26 Å². The number of halogens is 4. The second kappa shape index (κ2) is 6.27. The van der Waals surface area contributed by atoms with Gasteiger partial charge < -0.3 is 5.73 Å². The average molecular weight is 506 g/mol. The topological polar surface area (TPSA) is 72.2 Å². The molecule has 0 heterocycles. The van der Waals surface area contributed by atoms with E-state index in [0.717, 1.165) is 6.07 Å². The Balaban J connectivity index is 2.53. The van der Waals surface area contributed by atoms with E-state index in [1.54, 1.807) is 24.3 Å². The summed E-state index contributed by atoms with van der Waals surface area (Å²) in [5.41, 5.74) is 5.49. The normalized spacial score (nSPS) is 11.4. The maximum absolute atomic E-state index is 14.1. The highest BCUT2D eigenvalue weighted by atomic mass is 127. The van der Waals surface area contributed by atoms with Gasteiger partial charge in [0, 0.05) is 3.57 Å². The van der Waals surface area contributed by atoms with Crippen molar-refractivity contribution in [3.63, 3.8) is 0 Å². The van der Waals surface area contributed by atoms with Crippen LogP contribution in [0.25, 0.3) is 0 Å². The van der Waals surface area contributed by atoms with Gasteiger partial charge in [0.15, 0.2) is 5.82 Å². The zero-order valence-electron chi connectivity index (χ0n) is 10.2. The molecule has 21 heavy (non-hydrogen) atoms. The highest BCUT2D eigenvalue weighted by Gasteiger charge is 2.24. The zero-order chi connectivity index (χ0) is 15.8. The molecule has 2 rings (SSSR count). The monoisotopic (exact) mass is 504 g/mol. The Morgan fingerprint density at radius 3 is 2.57 bits per heavy atom. The van der Waals surface area contributed by atoms with Crippen LogP contribution in [0.2, 0.25) is 5.02 Å². The van der Waals surface area contributed by atoms with E-state index in [1.807, 2.05) is 22.6 Å². The highest BCUT2D eigenvalue weighted by Crippen LogP contribution is 2.35. The minimum absolute atomic E-state index is 0.0111. The fourth-order valence-corrected chi connectivity index (χ4v) is 4.00. The minimum atomic E-state index is -4.14. The van der Waals surface area contributed by atoms with Crippen LogP contribution in [0.1, 0.15) is 0 Å². The van der Waals surface area contributed by atoms with Crippen LogP contribution < -0.4 is 10.5 Å². The van der Waals surface area contributed by atoms with Crippen molar-refractivity contribution in [3.05, 3.63) is 49.2 Å². The third-order valence-electron chi connectivity index (χ3n) is 2.56. The first kappa shape index (κ1) is 16.8. The quantitative estimate of drug-likeness (QED) is 0.373. The molecule has 0 saturated heterocycles. The van der Waals surface area contributed by atoms with Gasteiger partial charge in [-0.05, 0) is 56.7 Å². The Morgan fingerprint density at radius 1 is 1.33 bits per heavy atom. The second-order valence-electron chi connectivity index (χ2n) is 3.98. The second-order valence-corrected chi connectivity index (χ2v) is 8.00. The summed E-state index contributed by atoms with van der Waals surface area (Å²) in [6.07, 6.45) is 0. The van der Waals surface area contributed by atoms with Crippen LogP contribution in [0.15, 0.2) is 39.7 Å². The number of hydrogen-bond donors (Lipinski definition) is 2. The lowest BCUT2D eigenvalue weighted by Crippen LogP contribution is -2.16. The molecule has 4 nitrogen and oxygen atoms in total. The Labute approximate surface area is 148 Å². The molecule has 0 aliphatic carbocycles. The summed E-state index contributed by atoms with van der Waals surface area (Å²) in [4.78, 5) is -0.604. The molecule has 0 fully saturated rings. The Hall–Kier alpha value is -0.580. The number of hydrogen-bond acceptors (Lipinski definition) is 3. The molecule has 0 aromatic heterocycles. The first-order chi connectivity index (χ1) is 9.74. The molecule has 0 radical (unpaired) electrons. The van der Waals surface area contributed by atoms with Crippen LogP contribution in [0.5, 0.6) is 0 Å². The molecule has 0 saturated carbocycles. The van der Waals surface area contributed by atoms with Crippen LogP contribution in [0.3, 0.4) is 0 Å². The average Bonchev–Trinajstić information content (AvgIpc) is 2.42. The SMILES string of the molecule is Nc1c(F)c(S(=O)(=O)Nc2ccccc2I)cc(Cl)c1Br. The first-order valence-electron chi connectivity index (χ1n) is 5.44. The minimum Gasteiger partial charge on any atom is -0.395 e. The summed E-state index contributed by atoms with van der Waals surface area (Å²) in [6, 6.07) is 7.72. The van der Waals surface area contributed by atoms with E-state index < -0.39 is 20.7 Å². The lowest BCUT2D eigenvalue weighted by atomic mass is 10.3. The van der Waals surface area contributed by atoms with Crippen LogP contribution in [-0.4, -0.2) is 8.42 Å². The summed E-state index contributed by atoms with van der Waals surface area (Å²) in [5.74, 6) is -1.05. The molecule has 2 aromatic carbocycles. The predicted octanol–water partition coefficient (Wildman–Crippen LogP) is 4.23. The molecular weight excluding hydrogens is 497 g/mol. The molecule has 0 aliphatic heterocycles. The van der Waals surface area contributed by atoms with Gasteiger partial charge in [-0.3, -0.25) is 4.72 Å². The number of sulfonamides is 1. The van der Waals surface area contributed by atoms with Gasteiger partial charge in [0.1, 0.15) is 4.90 Å². The van der Waals surface area contributed by atoms with E-state index in [4.69, 9.17) is 17.3 Å². The van der Waals surface area contributed by atoms with E-state index in [2.05, 4.69) is 20.7 Å². The van der Waals surface area contributed by atoms with E-state index in [9.17, 15) is 12.8 Å². The molecule has 0 spiro atoms. The maximum Gasteiger partial charge on any atom is 0.264 e. The van der Waals surface area contributed by atoms with Gasteiger partial charge in [-0.15, -0.1) is 0 Å². The van der Waals surface area contributed by atoms with Gasteiger partial charge in [0.05, 0.1) is 20.9 Å². The third kappa shape index (κ3) is 3.43. The molecule has 9 heteroatoms. The number of para-hydroxylation sites is 1. The molecule has 0 bridgehead atoms. The number of nitrogens with one attached hydrogen (secondary N) is 1.